The second-order valence-corrected chi connectivity index (χ2v) is 11.4. The first-order chi connectivity index (χ1) is 19.4. The second kappa shape index (κ2) is 13.0. The quantitative estimate of drug-likeness (QED) is 0.386. The molecule has 0 spiro atoms. The van der Waals surface area contributed by atoms with Crippen LogP contribution in [0.2, 0.25) is 0 Å². The van der Waals surface area contributed by atoms with Crippen LogP contribution in [0, 0.1) is 0 Å². The number of anilines is 3. The highest BCUT2D eigenvalue weighted by Gasteiger charge is 2.24. The number of piperidine rings is 1. The molecule has 9 nitrogen and oxygen atoms in total. The summed E-state index contributed by atoms with van der Waals surface area (Å²) in [4.78, 5) is 16.9. The van der Waals surface area contributed by atoms with Crippen molar-refractivity contribution in [1.29, 1.82) is 0 Å². The third kappa shape index (κ3) is 6.95. The average Bonchev–Trinajstić information content (AvgIpc) is 2.93. The van der Waals surface area contributed by atoms with Crippen LogP contribution in [0.3, 0.4) is 0 Å². The first kappa shape index (κ1) is 28.4. The fourth-order valence-corrected chi connectivity index (χ4v) is 6.03. The number of morpholine rings is 1. The largest absolute Gasteiger partial charge is 0.496 e. The summed E-state index contributed by atoms with van der Waals surface area (Å²) < 4.78 is 11.6. The number of aromatic nitrogens is 2. The Balaban J connectivity index is 1.21. The Morgan fingerprint density at radius 3 is 2.45 bits per heavy atom. The zero-order valence-corrected chi connectivity index (χ0v) is 24.7. The zero-order valence-electron chi connectivity index (χ0n) is 24.7. The molecule has 0 radical (unpaired) electrons. The molecule has 0 bridgehead atoms. The van der Waals surface area contributed by atoms with Gasteiger partial charge in [-0.05, 0) is 51.0 Å². The Kier molecular flexibility index (Phi) is 9.24. The van der Waals surface area contributed by atoms with Crippen molar-refractivity contribution in [3.63, 3.8) is 0 Å². The first-order valence-corrected chi connectivity index (χ1v) is 14.6. The fourth-order valence-electron chi connectivity index (χ4n) is 6.03. The SMILES string of the molecule is COc1cccc(N(C)C)c1CN1CCC(Nc2nc(NCCN3CC(C)OC(C)C3)nc3ccccc23)CC1. The smallest absolute Gasteiger partial charge is 0.225 e. The minimum Gasteiger partial charge on any atom is -0.496 e. The number of hydrogen-bond donors (Lipinski definition) is 2. The molecular weight excluding hydrogens is 502 g/mol. The summed E-state index contributed by atoms with van der Waals surface area (Å²) in [6.45, 7) is 10.9. The van der Waals surface area contributed by atoms with Gasteiger partial charge >= 0.3 is 0 Å². The minimum atomic E-state index is 0.271. The summed E-state index contributed by atoms with van der Waals surface area (Å²) in [5.74, 6) is 2.55. The summed E-state index contributed by atoms with van der Waals surface area (Å²) in [6, 6.07) is 14.9. The summed E-state index contributed by atoms with van der Waals surface area (Å²) in [7, 11) is 5.94. The highest BCUT2D eigenvalue weighted by Crippen LogP contribution is 2.31. The number of nitrogens with zero attached hydrogens (tertiary/aromatic N) is 5. The standard InChI is InChI=1S/C31H45N7O2/c1-22-19-38(20-23(2)40-22)18-15-32-31-34-27-10-7-6-9-25(27)30(35-31)33-24-13-16-37(17-14-24)21-26-28(36(3)4)11-8-12-29(26)39-5/h6-12,22-24H,13-21H2,1-5H3,(H2,32,33,34,35). The summed E-state index contributed by atoms with van der Waals surface area (Å²) in [5.41, 5.74) is 3.42. The summed E-state index contributed by atoms with van der Waals surface area (Å²) in [5, 5.41) is 8.32. The van der Waals surface area contributed by atoms with Crippen molar-refractivity contribution in [1.82, 2.24) is 19.8 Å². The van der Waals surface area contributed by atoms with Gasteiger partial charge in [-0.25, -0.2) is 4.98 Å². The maximum absolute atomic E-state index is 5.87. The number of hydrogen-bond acceptors (Lipinski definition) is 9. The van der Waals surface area contributed by atoms with E-state index in [0.717, 1.165) is 81.1 Å². The molecule has 2 fully saturated rings. The van der Waals surface area contributed by atoms with Gasteiger partial charge in [0.1, 0.15) is 11.6 Å². The predicted molar refractivity (Wildman–Crippen MR) is 164 cm³/mol. The number of fused-ring (bicyclic) bond motifs is 1. The molecular formula is C31H45N7O2. The van der Waals surface area contributed by atoms with Gasteiger partial charge in [-0.1, -0.05) is 18.2 Å². The molecule has 0 saturated carbocycles. The molecule has 1 aromatic heterocycles. The van der Waals surface area contributed by atoms with Crippen LogP contribution in [0.1, 0.15) is 32.3 Å². The van der Waals surface area contributed by atoms with Gasteiger partial charge in [-0.15, -0.1) is 0 Å². The monoisotopic (exact) mass is 547 g/mol. The van der Waals surface area contributed by atoms with Crippen LogP contribution in [0.15, 0.2) is 42.5 Å². The van der Waals surface area contributed by atoms with Gasteiger partial charge in [0, 0.05) is 82.6 Å². The van der Waals surface area contributed by atoms with Crippen LogP contribution in [-0.4, -0.2) is 98.5 Å². The molecule has 0 aliphatic carbocycles. The lowest BCUT2D eigenvalue weighted by Gasteiger charge is -2.35. The summed E-state index contributed by atoms with van der Waals surface area (Å²) >= 11 is 0. The Morgan fingerprint density at radius 2 is 1.73 bits per heavy atom. The van der Waals surface area contributed by atoms with Crippen LogP contribution in [0.5, 0.6) is 5.75 Å². The zero-order chi connectivity index (χ0) is 28.1. The number of methoxy groups -OCH3 is 1. The van der Waals surface area contributed by atoms with E-state index in [2.05, 4.69) is 89.7 Å². The van der Waals surface area contributed by atoms with Crippen molar-refractivity contribution in [3.8, 4) is 5.75 Å². The molecule has 9 heteroatoms. The molecule has 2 unspecified atom stereocenters. The van der Waals surface area contributed by atoms with E-state index in [1.54, 1.807) is 7.11 Å². The van der Waals surface area contributed by atoms with E-state index in [9.17, 15) is 0 Å². The normalized spacial score (nSPS) is 20.9. The fraction of sp³-hybridized carbons (Fsp3) is 0.548. The maximum Gasteiger partial charge on any atom is 0.225 e. The third-order valence-electron chi connectivity index (χ3n) is 7.93. The Labute approximate surface area is 238 Å². The van der Waals surface area contributed by atoms with Gasteiger partial charge in [0.15, 0.2) is 0 Å². The number of ether oxygens (including phenoxy) is 2. The van der Waals surface area contributed by atoms with Crippen LogP contribution in [-0.2, 0) is 11.3 Å². The molecule has 5 rings (SSSR count). The maximum atomic E-state index is 5.87. The van der Waals surface area contributed by atoms with E-state index >= 15 is 0 Å². The molecule has 2 atom stereocenters. The van der Waals surface area contributed by atoms with Gasteiger partial charge in [0.05, 0.1) is 24.8 Å². The van der Waals surface area contributed by atoms with Gasteiger partial charge in [-0.2, -0.15) is 4.98 Å². The lowest BCUT2D eigenvalue weighted by atomic mass is 10.0. The van der Waals surface area contributed by atoms with E-state index in [4.69, 9.17) is 19.4 Å². The van der Waals surface area contributed by atoms with Crippen molar-refractivity contribution in [3.05, 3.63) is 48.0 Å². The van der Waals surface area contributed by atoms with E-state index < -0.39 is 0 Å². The molecule has 40 heavy (non-hydrogen) atoms. The Hall–Kier alpha value is -3.14. The lowest BCUT2D eigenvalue weighted by Crippen LogP contribution is -2.46. The molecule has 2 aromatic carbocycles. The first-order valence-electron chi connectivity index (χ1n) is 14.6. The third-order valence-corrected chi connectivity index (χ3v) is 7.93. The van der Waals surface area contributed by atoms with E-state index in [-0.39, 0.29) is 12.2 Å². The number of likely N-dealkylation sites (tertiary alicyclic amines) is 1. The van der Waals surface area contributed by atoms with E-state index in [1.165, 1.54) is 11.3 Å². The summed E-state index contributed by atoms with van der Waals surface area (Å²) in [6.07, 6.45) is 2.65. The predicted octanol–water partition coefficient (Wildman–Crippen LogP) is 4.30. The van der Waals surface area contributed by atoms with Crippen molar-refractivity contribution in [2.45, 2.75) is 51.5 Å². The molecule has 2 saturated heterocycles. The second-order valence-electron chi connectivity index (χ2n) is 11.4. The van der Waals surface area contributed by atoms with E-state index in [1.807, 2.05) is 6.07 Å². The molecule has 2 N–H and O–H groups in total. The number of para-hydroxylation sites is 1. The van der Waals surface area contributed by atoms with E-state index in [0.29, 0.717) is 12.0 Å². The van der Waals surface area contributed by atoms with Crippen molar-refractivity contribution in [2.75, 3.05) is 76.0 Å². The van der Waals surface area contributed by atoms with Gasteiger partial charge in [-0.3, -0.25) is 9.80 Å². The van der Waals surface area contributed by atoms with Crippen molar-refractivity contribution >= 4 is 28.4 Å². The molecule has 2 aliphatic rings. The number of benzene rings is 2. The Bertz CT molecular complexity index is 1250. The molecule has 0 amide bonds. The van der Waals surface area contributed by atoms with Crippen LogP contribution < -0.4 is 20.3 Å². The van der Waals surface area contributed by atoms with Crippen molar-refractivity contribution in [2.24, 2.45) is 0 Å². The van der Waals surface area contributed by atoms with Gasteiger partial charge < -0.3 is 25.0 Å². The lowest BCUT2D eigenvalue weighted by molar-refractivity contribution is -0.0667. The van der Waals surface area contributed by atoms with Crippen LogP contribution in [0.4, 0.5) is 17.5 Å². The molecule has 3 aromatic rings. The molecule has 216 valence electrons. The van der Waals surface area contributed by atoms with Crippen molar-refractivity contribution < 1.29 is 9.47 Å². The van der Waals surface area contributed by atoms with Gasteiger partial charge in [0.2, 0.25) is 5.95 Å². The minimum absolute atomic E-state index is 0.271. The van der Waals surface area contributed by atoms with Crippen LogP contribution in [0.25, 0.3) is 10.9 Å². The number of rotatable bonds is 10. The topological polar surface area (TPSA) is 78.0 Å². The highest BCUT2D eigenvalue weighted by molar-refractivity contribution is 5.90. The molecule has 3 heterocycles. The average molecular weight is 548 g/mol. The van der Waals surface area contributed by atoms with Crippen LogP contribution >= 0.6 is 0 Å². The highest BCUT2D eigenvalue weighted by atomic mass is 16.5. The number of nitrogens with one attached hydrogen (secondary N) is 2. The molecule has 2 aliphatic heterocycles. The van der Waals surface area contributed by atoms with Gasteiger partial charge in [0.25, 0.3) is 0 Å². The Morgan fingerprint density at radius 1 is 0.975 bits per heavy atom.